The van der Waals surface area contributed by atoms with Gasteiger partial charge in [0.25, 0.3) is 0 Å². The Bertz CT molecular complexity index is 855. The third kappa shape index (κ3) is 4.25. The van der Waals surface area contributed by atoms with Crippen molar-refractivity contribution in [1.82, 2.24) is 9.55 Å². The molecule has 0 atom stereocenters. The van der Waals surface area contributed by atoms with E-state index in [2.05, 4.69) is 27.8 Å². The highest BCUT2D eigenvalue weighted by Gasteiger charge is 2.08. The van der Waals surface area contributed by atoms with Crippen LogP contribution in [0.2, 0.25) is 0 Å². The van der Waals surface area contributed by atoms with Crippen LogP contribution in [0.3, 0.4) is 0 Å². The Morgan fingerprint density at radius 1 is 1.12 bits per heavy atom. The molecule has 0 bridgehead atoms. The molecule has 0 aliphatic rings. The van der Waals surface area contributed by atoms with Crippen molar-refractivity contribution in [2.45, 2.75) is 19.4 Å². The minimum absolute atomic E-state index is 0.426. The fourth-order valence-electron chi connectivity index (χ4n) is 2.84. The van der Waals surface area contributed by atoms with Gasteiger partial charge in [-0.3, -0.25) is 0 Å². The predicted octanol–water partition coefficient (Wildman–Crippen LogP) is 3.36. The molecule has 0 aliphatic carbocycles. The zero-order valence-electron chi connectivity index (χ0n) is 14.2. The Hall–Kier alpha value is -2.66. The highest BCUT2D eigenvalue weighted by atomic mass is 32.1. The summed E-state index contributed by atoms with van der Waals surface area (Å²) in [7, 11) is 1.68. The molecule has 2 aromatic carbocycles. The number of nitrogens with zero attached hydrogens (tertiary/aromatic N) is 2. The van der Waals surface area contributed by atoms with Gasteiger partial charge in [-0.2, -0.15) is 0 Å². The molecule has 3 aromatic rings. The lowest BCUT2D eigenvalue weighted by Gasteiger charge is -2.12. The molecule has 1 heterocycles. The van der Waals surface area contributed by atoms with E-state index >= 15 is 0 Å². The largest absolute Gasteiger partial charge is 0.497 e. The summed E-state index contributed by atoms with van der Waals surface area (Å²) in [6.45, 7) is 0.714. The summed E-state index contributed by atoms with van der Waals surface area (Å²) in [5.74, 6) is 1.92. The first-order valence-corrected chi connectivity index (χ1v) is 8.59. The molecule has 25 heavy (non-hydrogen) atoms. The van der Waals surface area contributed by atoms with Crippen LogP contribution in [-0.4, -0.2) is 21.6 Å². The van der Waals surface area contributed by atoms with Crippen molar-refractivity contribution in [2.24, 2.45) is 5.73 Å². The zero-order chi connectivity index (χ0) is 17.6. The molecule has 4 nitrogen and oxygen atoms in total. The molecule has 0 unspecified atom stereocenters. The number of imidazole rings is 1. The summed E-state index contributed by atoms with van der Waals surface area (Å²) in [5.41, 5.74) is 9.13. The molecule has 0 fully saturated rings. The van der Waals surface area contributed by atoms with E-state index in [9.17, 15) is 0 Å². The van der Waals surface area contributed by atoms with Crippen LogP contribution in [0.15, 0.2) is 60.9 Å². The molecule has 0 saturated heterocycles. The van der Waals surface area contributed by atoms with Crippen molar-refractivity contribution in [3.8, 4) is 5.75 Å². The number of nitrogens with two attached hydrogens (primary N) is 1. The van der Waals surface area contributed by atoms with Gasteiger partial charge in [0.05, 0.1) is 7.11 Å². The van der Waals surface area contributed by atoms with Gasteiger partial charge in [0.2, 0.25) is 0 Å². The number of hydrogen-bond donors (Lipinski definition) is 1. The van der Waals surface area contributed by atoms with Gasteiger partial charge in [-0.15, -0.1) is 0 Å². The van der Waals surface area contributed by atoms with E-state index in [0.29, 0.717) is 11.5 Å². The molecule has 5 heteroatoms. The van der Waals surface area contributed by atoms with E-state index in [1.54, 1.807) is 7.11 Å². The monoisotopic (exact) mass is 351 g/mol. The molecule has 0 amide bonds. The van der Waals surface area contributed by atoms with Gasteiger partial charge in [0.1, 0.15) is 16.6 Å². The van der Waals surface area contributed by atoms with E-state index in [0.717, 1.165) is 35.5 Å². The molecule has 3 rings (SSSR count). The molecule has 0 aliphatic heterocycles. The summed E-state index contributed by atoms with van der Waals surface area (Å²) in [6.07, 6.45) is 5.64. The predicted molar refractivity (Wildman–Crippen MR) is 104 cm³/mol. The van der Waals surface area contributed by atoms with Crippen LogP contribution >= 0.6 is 12.2 Å². The number of thiocarbonyl (C=S) groups is 1. The van der Waals surface area contributed by atoms with E-state index < -0.39 is 0 Å². The van der Waals surface area contributed by atoms with Crippen LogP contribution < -0.4 is 10.5 Å². The molecule has 0 spiro atoms. The van der Waals surface area contributed by atoms with Crippen LogP contribution in [0, 0.1) is 0 Å². The summed E-state index contributed by atoms with van der Waals surface area (Å²) >= 11 is 5.16. The summed E-state index contributed by atoms with van der Waals surface area (Å²) in [4.78, 5) is 4.94. The van der Waals surface area contributed by atoms with E-state index in [-0.39, 0.29) is 0 Å². The summed E-state index contributed by atoms with van der Waals surface area (Å²) < 4.78 is 7.35. The average molecular weight is 351 g/mol. The Balaban J connectivity index is 1.71. The summed E-state index contributed by atoms with van der Waals surface area (Å²) in [5, 5.41) is 0. The standard InChI is InChI=1S/C20H21N3OS/c1-24-17-9-6-15(7-10-17)8-11-19-22-12-13-23(19)14-16-4-2-3-5-18(16)20(21)25/h2-7,9-10,12-13H,8,11,14H2,1H3,(H2,21,25). The normalized spacial score (nSPS) is 10.6. The van der Waals surface area contributed by atoms with Crippen molar-refractivity contribution < 1.29 is 4.74 Å². The van der Waals surface area contributed by atoms with Crippen LogP contribution in [0.5, 0.6) is 5.75 Å². The van der Waals surface area contributed by atoms with Crippen molar-refractivity contribution >= 4 is 17.2 Å². The lowest BCUT2D eigenvalue weighted by atomic mass is 10.1. The molecule has 2 N–H and O–H groups in total. The molecule has 0 saturated carbocycles. The van der Waals surface area contributed by atoms with Gasteiger partial charge < -0.3 is 15.0 Å². The van der Waals surface area contributed by atoms with Crippen LogP contribution in [-0.2, 0) is 19.4 Å². The van der Waals surface area contributed by atoms with E-state index in [4.69, 9.17) is 22.7 Å². The first-order valence-electron chi connectivity index (χ1n) is 8.18. The van der Waals surface area contributed by atoms with E-state index in [1.165, 1.54) is 5.56 Å². The number of benzene rings is 2. The van der Waals surface area contributed by atoms with E-state index in [1.807, 2.05) is 42.7 Å². The van der Waals surface area contributed by atoms with Crippen LogP contribution in [0.4, 0.5) is 0 Å². The van der Waals surface area contributed by atoms with Gasteiger partial charge in [-0.25, -0.2) is 4.98 Å². The minimum Gasteiger partial charge on any atom is -0.497 e. The molecular weight excluding hydrogens is 330 g/mol. The third-order valence-corrected chi connectivity index (χ3v) is 4.44. The fraction of sp³-hybridized carbons (Fsp3) is 0.200. The Morgan fingerprint density at radius 3 is 2.60 bits per heavy atom. The second kappa shape index (κ2) is 7.94. The van der Waals surface area contributed by atoms with Gasteiger partial charge in [-0.1, -0.05) is 48.6 Å². The van der Waals surface area contributed by atoms with Gasteiger partial charge in [0, 0.05) is 30.9 Å². The number of methoxy groups -OCH3 is 1. The van der Waals surface area contributed by atoms with Crippen molar-refractivity contribution in [3.05, 3.63) is 83.4 Å². The molecule has 1 aromatic heterocycles. The summed E-state index contributed by atoms with van der Waals surface area (Å²) in [6, 6.07) is 16.1. The number of aromatic nitrogens is 2. The number of aryl methyl sites for hydroxylation is 2. The van der Waals surface area contributed by atoms with Crippen molar-refractivity contribution in [3.63, 3.8) is 0 Å². The first-order chi connectivity index (χ1) is 12.2. The van der Waals surface area contributed by atoms with Crippen LogP contribution in [0.1, 0.15) is 22.5 Å². The molecule has 0 radical (unpaired) electrons. The Kier molecular flexibility index (Phi) is 5.46. The first kappa shape index (κ1) is 17.2. The van der Waals surface area contributed by atoms with Gasteiger partial charge >= 0.3 is 0 Å². The fourth-order valence-corrected chi connectivity index (χ4v) is 3.04. The minimum atomic E-state index is 0.426. The number of hydrogen-bond acceptors (Lipinski definition) is 3. The van der Waals surface area contributed by atoms with Gasteiger partial charge in [0.15, 0.2) is 0 Å². The maximum absolute atomic E-state index is 5.84. The van der Waals surface area contributed by atoms with Crippen LogP contribution in [0.25, 0.3) is 0 Å². The number of rotatable bonds is 7. The van der Waals surface area contributed by atoms with Crippen molar-refractivity contribution in [2.75, 3.05) is 7.11 Å². The third-order valence-electron chi connectivity index (χ3n) is 4.22. The molecule has 128 valence electrons. The van der Waals surface area contributed by atoms with Crippen molar-refractivity contribution in [1.29, 1.82) is 0 Å². The SMILES string of the molecule is COc1ccc(CCc2nccn2Cc2ccccc2C(N)=S)cc1. The Labute approximate surface area is 153 Å². The lowest BCUT2D eigenvalue weighted by molar-refractivity contribution is 0.414. The van der Waals surface area contributed by atoms with Gasteiger partial charge in [-0.05, 0) is 29.7 Å². The molecular formula is C20H21N3OS. The second-order valence-electron chi connectivity index (χ2n) is 5.84. The Morgan fingerprint density at radius 2 is 1.88 bits per heavy atom. The highest BCUT2D eigenvalue weighted by molar-refractivity contribution is 7.80. The second-order valence-corrected chi connectivity index (χ2v) is 6.28. The zero-order valence-corrected chi connectivity index (χ0v) is 15.0. The maximum Gasteiger partial charge on any atom is 0.118 e. The highest BCUT2D eigenvalue weighted by Crippen LogP contribution is 2.15. The lowest BCUT2D eigenvalue weighted by Crippen LogP contribution is -2.14. The smallest absolute Gasteiger partial charge is 0.118 e. The maximum atomic E-state index is 5.84. The quantitative estimate of drug-likeness (QED) is 0.663. The average Bonchev–Trinajstić information content (AvgIpc) is 3.07. The topological polar surface area (TPSA) is 53.1 Å². The number of ether oxygens (including phenoxy) is 1.